The summed E-state index contributed by atoms with van der Waals surface area (Å²) in [5.74, 6) is -0.00167. The maximum atomic E-state index is 12.2. The summed E-state index contributed by atoms with van der Waals surface area (Å²) in [5, 5.41) is 7.43. The number of ether oxygens (including phenoxy) is 1. The minimum absolute atomic E-state index is 0.00167. The lowest BCUT2D eigenvalue weighted by molar-refractivity contribution is 0.0303. The molecule has 0 spiro atoms. The van der Waals surface area contributed by atoms with Crippen LogP contribution in [-0.4, -0.2) is 47.4 Å². The van der Waals surface area contributed by atoms with Crippen LogP contribution < -0.4 is 0 Å². The molecule has 2 aromatic rings. The number of hydrogen-bond acceptors (Lipinski definition) is 5. The molecular weight excluding hydrogens is 222 g/mol. The molecule has 88 valence electrons. The van der Waals surface area contributed by atoms with Crippen molar-refractivity contribution in [3.05, 3.63) is 23.8 Å². The van der Waals surface area contributed by atoms with E-state index in [1.165, 1.54) is 0 Å². The van der Waals surface area contributed by atoms with Crippen LogP contribution in [0.25, 0.3) is 11.0 Å². The van der Waals surface area contributed by atoms with Crippen LogP contribution >= 0.6 is 0 Å². The summed E-state index contributed by atoms with van der Waals surface area (Å²) < 4.78 is 9.81. The van der Waals surface area contributed by atoms with Gasteiger partial charge in [0.2, 0.25) is 0 Å². The van der Waals surface area contributed by atoms with E-state index in [1.807, 2.05) is 0 Å². The molecule has 1 amide bonds. The van der Waals surface area contributed by atoms with Gasteiger partial charge in [0.05, 0.1) is 13.2 Å². The van der Waals surface area contributed by atoms with Gasteiger partial charge in [-0.1, -0.05) is 0 Å². The third kappa shape index (κ3) is 1.87. The summed E-state index contributed by atoms with van der Waals surface area (Å²) in [7, 11) is 0. The minimum Gasteiger partial charge on any atom is -0.378 e. The molecule has 3 rings (SSSR count). The number of nitrogens with zero attached hydrogens (tertiary/aromatic N) is 3. The van der Waals surface area contributed by atoms with Gasteiger partial charge in [-0.25, -0.2) is 4.63 Å². The Bertz CT molecular complexity index is 546. The minimum atomic E-state index is -0.00167. The van der Waals surface area contributed by atoms with Crippen molar-refractivity contribution in [2.75, 3.05) is 26.3 Å². The highest BCUT2D eigenvalue weighted by Gasteiger charge is 2.19. The van der Waals surface area contributed by atoms with Crippen LogP contribution in [0.5, 0.6) is 0 Å². The Morgan fingerprint density at radius 1 is 1.18 bits per heavy atom. The van der Waals surface area contributed by atoms with Crippen molar-refractivity contribution >= 4 is 16.9 Å². The number of morpholine rings is 1. The Kier molecular flexibility index (Phi) is 2.49. The summed E-state index contributed by atoms with van der Waals surface area (Å²) in [5.41, 5.74) is 1.86. The second kappa shape index (κ2) is 4.14. The first-order valence-corrected chi connectivity index (χ1v) is 5.44. The topological polar surface area (TPSA) is 68.5 Å². The van der Waals surface area contributed by atoms with E-state index in [0.717, 1.165) is 0 Å². The summed E-state index contributed by atoms with van der Waals surface area (Å²) >= 11 is 0. The van der Waals surface area contributed by atoms with Crippen LogP contribution in [0.1, 0.15) is 10.4 Å². The summed E-state index contributed by atoms with van der Waals surface area (Å²) in [4.78, 5) is 13.9. The van der Waals surface area contributed by atoms with Crippen molar-refractivity contribution < 1.29 is 14.2 Å². The van der Waals surface area contributed by atoms with Crippen molar-refractivity contribution in [3.8, 4) is 0 Å². The standard InChI is InChI=1S/C11H11N3O3/c15-11(14-3-5-16-6-4-14)8-1-2-9-10(7-8)13-17-12-9/h1-2,7H,3-6H2. The Labute approximate surface area is 97.1 Å². The van der Waals surface area contributed by atoms with Crippen molar-refractivity contribution in [2.24, 2.45) is 0 Å². The molecule has 0 unspecified atom stereocenters. The molecule has 6 nitrogen and oxygen atoms in total. The fraction of sp³-hybridized carbons (Fsp3) is 0.364. The van der Waals surface area contributed by atoms with Gasteiger partial charge in [-0.3, -0.25) is 4.79 Å². The highest BCUT2D eigenvalue weighted by Crippen LogP contribution is 2.14. The third-order valence-corrected chi connectivity index (χ3v) is 2.80. The third-order valence-electron chi connectivity index (χ3n) is 2.80. The molecule has 2 heterocycles. The summed E-state index contributed by atoms with van der Waals surface area (Å²) in [6, 6.07) is 5.17. The molecule has 0 aliphatic carbocycles. The second-order valence-corrected chi connectivity index (χ2v) is 3.87. The molecule has 1 fully saturated rings. The van der Waals surface area contributed by atoms with E-state index >= 15 is 0 Å². The van der Waals surface area contributed by atoms with Gasteiger partial charge in [-0.05, 0) is 28.5 Å². The molecule has 1 aromatic carbocycles. The van der Waals surface area contributed by atoms with Gasteiger partial charge in [-0.15, -0.1) is 0 Å². The SMILES string of the molecule is O=C(c1ccc2nonc2c1)N1CCOCC1. The molecule has 0 saturated carbocycles. The first kappa shape index (κ1) is 10.2. The van der Waals surface area contributed by atoms with Gasteiger partial charge in [0, 0.05) is 18.7 Å². The number of amides is 1. The number of carbonyl (C=O) groups is 1. The average molecular weight is 233 g/mol. The Morgan fingerprint density at radius 3 is 2.76 bits per heavy atom. The van der Waals surface area contributed by atoms with Crippen LogP contribution in [0.4, 0.5) is 0 Å². The lowest BCUT2D eigenvalue weighted by Crippen LogP contribution is -2.40. The smallest absolute Gasteiger partial charge is 0.254 e. The summed E-state index contributed by atoms with van der Waals surface area (Å²) in [6.07, 6.45) is 0. The number of benzene rings is 1. The van der Waals surface area contributed by atoms with E-state index in [1.54, 1.807) is 23.1 Å². The second-order valence-electron chi connectivity index (χ2n) is 3.87. The molecular formula is C11H11N3O3. The molecule has 1 aromatic heterocycles. The zero-order valence-corrected chi connectivity index (χ0v) is 9.13. The van der Waals surface area contributed by atoms with E-state index in [9.17, 15) is 4.79 Å². The largest absolute Gasteiger partial charge is 0.378 e. The van der Waals surface area contributed by atoms with Crippen molar-refractivity contribution in [1.29, 1.82) is 0 Å². The molecule has 0 bridgehead atoms. The van der Waals surface area contributed by atoms with E-state index in [4.69, 9.17) is 4.74 Å². The Hall–Kier alpha value is -1.95. The Morgan fingerprint density at radius 2 is 1.94 bits per heavy atom. The predicted molar refractivity (Wildman–Crippen MR) is 58.5 cm³/mol. The first-order valence-electron chi connectivity index (χ1n) is 5.44. The monoisotopic (exact) mass is 233 g/mol. The Balaban J connectivity index is 1.88. The van der Waals surface area contributed by atoms with Gasteiger partial charge in [0.25, 0.3) is 5.91 Å². The van der Waals surface area contributed by atoms with E-state index in [0.29, 0.717) is 42.9 Å². The highest BCUT2D eigenvalue weighted by molar-refractivity contribution is 5.97. The molecule has 17 heavy (non-hydrogen) atoms. The highest BCUT2D eigenvalue weighted by atomic mass is 16.6. The van der Waals surface area contributed by atoms with Crippen LogP contribution in [-0.2, 0) is 4.74 Å². The van der Waals surface area contributed by atoms with Crippen LogP contribution in [0.3, 0.4) is 0 Å². The number of hydrogen-bond donors (Lipinski definition) is 0. The number of aromatic nitrogens is 2. The van der Waals surface area contributed by atoms with Crippen LogP contribution in [0.2, 0.25) is 0 Å². The quantitative estimate of drug-likeness (QED) is 0.725. The number of carbonyl (C=O) groups excluding carboxylic acids is 1. The van der Waals surface area contributed by atoms with Gasteiger partial charge in [0.1, 0.15) is 11.0 Å². The zero-order valence-electron chi connectivity index (χ0n) is 9.13. The van der Waals surface area contributed by atoms with Crippen LogP contribution in [0, 0.1) is 0 Å². The zero-order chi connectivity index (χ0) is 11.7. The molecule has 1 aliphatic heterocycles. The van der Waals surface area contributed by atoms with E-state index < -0.39 is 0 Å². The molecule has 1 aliphatic rings. The van der Waals surface area contributed by atoms with Gasteiger partial charge >= 0.3 is 0 Å². The van der Waals surface area contributed by atoms with Crippen LogP contribution in [0.15, 0.2) is 22.8 Å². The van der Waals surface area contributed by atoms with Crippen molar-refractivity contribution in [2.45, 2.75) is 0 Å². The number of rotatable bonds is 1. The lowest BCUT2D eigenvalue weighted by Gasteiger charge is -2.26. The molecule has 0 radical (unpaired) electrons. The maximum Gasteiger partial charge on any atom is 0.254 e. The van der Waals surface area contributed by atoms with Gasteiger partial charge in [-0.2, -0.15) is 0 Å². The molecule has 1 saturated heterocycles. The molecule has 0 atom stereocenters. The van der Waals surface area contributed by atoms with E-state index in [-0.39, 0.29) is 5.91 Å². The normalized spacial score (nSPS) is 16.4. The first-order chi connectivity index (χ1) is 8.34. The maximum absolute atomic E-state index is 12.2. The predicted octanol–water partition coefficient (Wildman–Crippen LogP) is 0.695. The fourth-order valence-electron chi connectivity index (χ4n) is 1.86. The number of fused-ring (bicyclic) bond motifs is 1. The van der Waals surface area contributed by atoms with E-state index in [2.05, 4.69) is 14.9 Å². The molecule has 6 heteroatoms. The van der Waals surface area contributed by atoms with Crippen molar-refractivity contribution in [1.82, 2.24) is 15.2 Å². The molecule has 0 N–H and O–H groups in total. The summed E-state index contributed by atoms with van der Waals surface area (Å²) in [6.45, 7) is 2.46. The fourth-order valence-corrected chi connectivity index (χ4v) is 1.86. The lowest BCUT2D eigenvalue weighted by atomic mass is 10.1. The van der Waals surface area contributed by atoms with Gasteiger partial charge < -0.3 is 9.64 Å². The van der Waals surface area contributed by atoms with Gasteiger partial charge in [0.15, 0.2) is 0 Å². The average Bonchev–Trinajstić information content (AvgIpc) is 2.86. The van der Waals surface area contributed by atoms with Crippen molar-refractivity contribution in [3.63, 3.8) is 0 Å².